The average molecular weight is 234 g/mol. The molecule has 1 saturated heterocycles. The van der Waals surface area contributed by atoms with Crippen LogP contribution in [0.2, 0.25) is 0 Å². The lowest BCUT2D eigenvalue weighted by Gasteiger charge is -2.29. The molecule has 4 heteroatoms. The highest BCUT2D eigenvalue weighted by molar-refractivity contribution is 5.70. The summed E-state index contributed by atoms with van der Waals surface area (Å²) in [4.78, 5) is 17.3. The van der Waals surface area contributed by atoms with Gasteiger partial charge in [0.15, 0.2) is 0 Å². The molecular formula is C13H18N2O2. The number of pyridine rings is 1. The molecule has 2 heterocycles. The summed E-state index contributed by atoms with van der Waals surface area (Å²) in [5.74, 6) is -0.802. The van der Waals surface area contributed by atoms with E-state index in [4.69, 9.17) is 5.11 Å². The number of carbonyl (C=O) groups is 1. The predicted molar refractivity (Wildman–Crippen MR) is 64.6 cm³/mol. The van der Waals surface area contributed by atoms with Crippen LogP contribution in [0.3, 0.4) is 0 Å². The first-order valence-corrected chi connectivity index (χ1v) is 6.01. The van der Waals surface area contributed by atoms with Crippen LogP contribution in [-0.2, 0) is 11.3 Å². The molecule has 2 rings (SSSR count). The third-order valence-corrected chi connectivity index (χ3v) is 3.27. The lowest BCUT2D eigenvalue weighted by molar-refractivity contribution is -0.143. The summed E-state index contributed by atoms with van der Waals surface area (Å²) in [5.41, 5.74) is 2.38. The van der Waals surface area contributed by atoms with Gasteiger partial charge in [-0.05, 0) is 44.0 Å². The average Bonchev–Trinajstić information content (AvgIpc) is 2.29. The third-order valence-electron chi connectivity index (χ3n) is 3.27. The van der Waals surface area contributed by atoms with Crippen molar-refractivity contribution in [3.63, 3.8) is 0 Å². The Balaban J connectivity index is 1.88. The quantitative estimate of drug-likeness (QED) is 0.864. The van der Waals surface area contributed by atoms with E-state index in [-0.39, 0.29) is 5.92 Å². The molecule has 1 aromatic heterocycles. The van der Waals surface area contributed by atoms with E-state index in [1.807, 2.05) is 19.3 Å². The lowest BCUT2D eigenvalue weighted by atomic mass is 9.97. The molecule has 1 aliphatic heterocycles. The first-order valence-electron chi connectivity index (χ1n) is 6.01. The molecule has 0 spiro atoms. The van der Waals surface area contributed by atoms with Crippen LogP contribution in [-0.4, -0.2) is 34.0 Å². The van der Waals surface area contributed by atoms with Gasteiger partial charge in [-0.3, -0.25) is 14.7 Å². The van der Waals surface area contributed by atoms with Gasteiger partial charge in [-0.15, -0.1) is 0 Å². The smallest absolute Gasteiger partial charge is 0.306 e. The number of aromatic nitrogens is 1. The van der Waals surface area contributed by atoms with Crippen LogP contribution in [0.1, 0.15) is 24.0 Å². The van der Waals surface area contributed by atoms with E-state index in [0.717, 1.165) is 32.5 Å². The van der Waals surface area contributed by atoms with E-state index in [2.05, 4.69) is 16.0 Å². The number of nitrogens with zero attached hydrogens (tertiary/aromatic N) is 2. The Hall–Kier alpha value is -1.42. The van der Waals surface area contributed by atoms with Gasteiger partial charge >= 0.3 is 5.97 Å². The van der Waals surface area contributed by atoms with Crippen LogP contribution in [0.4, 0.5) is 0 Å². The molecule has 0 amide bonds. The van der Waals surface area contributed by atoms with Crippen molar-refractivity contribution in [2.45, 2.75) is 26.3 Å². The second-order valence-electron chi connectivity index (χ2n) is 4.76. The van der Waals surface area contributed by atoms with E-state index in [1.54, 1.807) is 0 Å². The topological polar surface area (TPSA) is 53.4 Å². The highest BCUT2D eigenvalue weighted by Gasteiger charge is 2.24. The minimum absolute atomic E-state index is 0.151. The van der Waals surface area contributed by atoms with Crippen molar-refractivity contribution in [1.82, 2.24) is 9.88 Å². The fourth-order valence-electron chi connectivity index (χ4n) is 2.30. The fraction of sp³-hybridized carbons (Fsp3) is 0.538. The lowest BCUT2D eigenvalue weighted by Crippen LogP contribution is -2.35. The van der Waals surface area contributed by atoms with Crippen molar-refractivity contribution in [3.8, 4) is 0 Å². The molecule has 4 nitrogen and oxygen atoms in total. The molecule has 1 aliphatic rings. The van der Waals surface area contributed by atoms with Crippen molar-refractivity contribution in [3.05, 3.63) is 29.6 Å². The van der Waals surface area contributed by atoms with Gasteiger partial charge < -0.3 is 5.11 Å². The minimum Gasteiger partial charge on any atom is -0.481 e. The molecule has 1 aromatic rings. The number of hydrogen-bond acceptors (Lipinski definition) is 3. The summed E-state index contributed by atoms with van der Waals surface area (Å²) in [7, 11) is 0. The van der Waals surface area contributed by atoms with E-state index >= 15 is 0 Å². The van der Waals surface area contributed by atoms with Crippen LogP contribution >= 0.6 is 0 Å². The molecule has 92 valence electrons. The van der Waals surface area contributed by atoms with E-state index in [0.29, 0.717) is 0 Å². The van der Waals surface area contributed by atoms with Gasteiger partial charge in [-0.1, -0.05) is 6.07 Å². The first-order chi connectivity index (χ1) is 8.15. The normalized spacial score (nSPS) is 18.2. The molecule has 0 radical (unpaired) electrons. The molecule has 0 aromatic carbocycles. The summed E-state index contributed by atoms with van der Waals surface area (Å²) in [6, 6.07) is 2.14. The Kier molecular flexibility index (Phi) is 3.74. The molecular weight excluding hydrogens is 216 g/mol. The standard InChI is InChI=1S/C13H18N2O2/c1-10-6-11(8-14-7-10)9-15-4-2-12(3-5-15)13(16)17/h6-8,12H,2-5,9H2,1H3,(H,16,17). The van der Waals surface area contributed by atoms with Gasteiger partial charge in [0.05, 0.1) is 5.92 Å². The number of carboxylic acids is 1. The first kappa shape index (κ1) is 12.0. The van der Waals surface area contributed by atoms with E-state index in [1.165, 1.54) is 11.1 Å². The maximum Gasteiger partial charge on any atom is 0.306 e. The second kappa shape index (κ2) is 5.27. The number of carboxylic acid groups (broad SMARTS) is 1. The van der Waals surface area contributed by atoms with Crippen molar-refractivity contribution in [2.24, 2.45) is 5.92 Å². The number of hydrogen-bond donors (Lipinski definition) is 1. The molecule has 17 heavy (non-hydrogen) atoms. The highest BCUT2D eigenvalue weighted by atomic mass is 16.4. The Labute approximate surface area is 101 Å². The summed E-state index contributed by atoms with van der Waals surface area (Å²) in [6.07, 6.45) is 5.25. The number of likely N-dealkylation sites (tertiary alicyclic amines) is 1. The van der Waals surface area contributed by atoms with Crippen molar-refractivity contribution >= 4 is 5.97 Å². The maximum atomic E-state index is 10.8. The maximum absolute atomic E-state index is 10.8. The third kappa shape index (κ3) is 3.27. The summed E-state index contributed by atoms with van der Waals surface area (Å²) in [5, 5.41) is 8.92. The molecule has 0 atom stereocenters. The molecule has 0 unspecified atom stereocenters. The fourth-order valence-corrected chi connectivity index (χ4v) is 2.30. The Morgan fingerprint density at radius 1 is 1.47 bits per heavy atom. The van der Waals surface area contributed by atoms with Gasteiger partial charge in [0.25, 0.3) is 0 Å². The highest BCUT2D eigenvalue weighted by Crippen LogP contribution is 2.19. The van der Waals surface area contributed by atoms with Crippen LogP contribution in [0.15, 0.2) is 18.5 Å². The number of piperidine rings is 1. The SMILES string of the molecule is Cc1cncc(CN2CCC(C(=O)O)CC2)c1. The Morgan fingerprint density at radius 3 is 2.76 bits per heavy atom. The molecule has 0 saturated carbocycles. The molecule has 1 N–H and O–H groups in total. The number of rotatable bonds is 3. The van der Waals surface area contributed by atoms with Crippen LogP contribution in [0.5, 0.6) is 0 Å². The van der Waals surface area contributed by atoms with Gasteiger partial charge in [-0.25, -0.2) is 0 Å². The minimum atomic E-state index is -0.651. The van der Waals surface area contributed by atoms with Gasteiger partial charge in [0.1, 0.15) is 0 Å². The van der Waals surface area contributed by atoms with Gasteiger partial charge in [-0.2, -0.15) is 0 Å². The van der Waals surface area contributed by atoms with Crippen LogP contribution < -0.4 is 0 Å². The zero-order valence-electron chi connectivity index (χ0n) is 10.1. The van der Waals surface area contributed by atoms with Gasteiger partial charge in [0.2, 0.25) is 0 Å². The Morgan fingerprint density at radius 2 is 2.18 bits per heavy atom. The van der Waals surface area contributed by atoms with E-state index in [9.17, 15) is 4.79 Å². The van der Waals surface area contributed by atoms with Crippen LogP contribution in [0, 0.1) is 12.8 Å². The molecule has 0 bridgehead atoms. The summed E-state index contributed by atoms with van der Waals surface area (Å²) in [6.45, 7) is 4.64. The zero-order chi connectivity index (χ0) is 12.3. The van der Waals surface area contributed by atoms with Crippen molar-refractivity contribution < 1.29 is 9.90 Å². The van der Waals surface area contributed by atoms with Crippen LogP contribution in [0.25, 0.3) is 0 Å². The number of aliphatic carboxylic acids is 1. The Bertz CT molecular complexity index is 398. The van der Waals surface area contributed by atoms with Crippen molar-refractivity contribution in [2.75, 3.05) is 13.1 Å². The molecule has 0 aliphatic carbocycles. The molecule has 1 fully saturated rings. The largest absolute Gasteiger partial charge is 0.481 e. The van der Waals surface area contributed by atoms with Crippen molar-refractivity contribution in [1.29, 1.82) is 0 Å². The van der Waals surface area contributed by atoms with Gasteiger partial charge in [0, 0.05) is 18.9 Å². The predicted octanol–water partition coefficient (Wildman–Crippen LogP) is 1.69. The monoisotopic (exact) mass is 234 g/mol. The zero-order valence-corrected chi connectivity index (χ0v) is 10.1. The summed E-state index contributed by atoms with van der Waals surface area (Å²) < 4.78 is 0. The number of aryl methyl sites for hydroxylation is 1. The summed E-state index contributed by atoms with van der Waals surface area (Å²) >= 11 is 0. The second-order valence-corrected chi connectivity index (χ2v) is 4.76. The van der Waals surface area contributed by atoms with E-state index < -0.39 is 5.97 Å².